The van der Waals surface area contributed by atoms with Gasteiger partial charge in [0.25, 0.3) is 11.5 Å². The molecule has 2 heterocycles. The summed E-state index contributed by atoms with van der Waals surface area (Å²) in [7, 11) is 0. The minimum atomic E-state index is -0.446. The average Bonchev–Trinajstić information content (AvgIpc) is 2.96. The summed E-state index contributed by atoms with van der Waals surface area (Å²) < 4.78 is 0. The van der Waals surface area contributed by atoms with Crippen LogP contribution in [0.1, 0.15) is 21.1 Å². The molecular formula is C14H11N5O2S. The molecule has 0 atom stereocenters. The number of nitrogens with one attached hydrogen (secondary N) is 2. The Morgan fingerprint density at radius 3 is 2.68 bits per heavy atom. The lowest BCUT2D eigenvalue weighted by Crippen LogP contribution is -2.17. The number of aromatic amines is 1. The fourth-order valence-electron chi connectivity index (χ4n) is 1.78. The largest absolute Gasteiger partial charge is 0.295 e. The van der Waals surface area contributed by atoms with Crippen LogP contribution in [0.4, 0.5) is 5.13 Å². The van der Waals surface area contributed by atoms with Crippen LogP contribution >= 0.6 is 11.3 Å². The molecular weight excluding hydrogens is 302 g/mol. The summed E-state index contributed by atoms with van der Waals surface area (Å²) in [5.74, 6) is -0.446. The van der Waals surface area contributed by atoms with Crippen molar-refractivity contribution in [2.75, 3.05) is 5.32 Å². The van der Waals surface area contributed by atoms with Gasteiger partial charge in [-0.05, 0) is 11.6 Å². The summed E-state index contributed by atoms with van der Waals surface area (Å²) >= 11 is 1.30. The fourth-order valence-corrected chi connectivity index (χ4v) is 2.55. The normalized spacial score (nSPS) is 10.4. The van der Waals surface area contributed by atoms with Crippen molar-refractivity contribution in [2.45, 2.75) is 6.42 Å². The first-order valence-electron chi connectivity index (χ1n) is 6.44. The summed E-state index contributed by atoms with van der Waals surface area (Å²) in [5, 5.41) is 17.6. The van der Waals surface area contributed by atoms with Gasteiger partial charge in [-0.15, -0.1) is 10.2 Å². The van der Waals surface area contributed by atoms with Gasteiger partial charge in [-0.1, -0.05) is 41.7 Å². The topological polar surface area (TPSA) is 101 Å². The second-order valence-corrected chi connectivity index (χ2v) is 5.49. The van der Waals surface area contributed by atoms with Gasteiger partial charge < -0.3 is 0 Å². The van der Waals surface area contributed by atoms with Crippen molar-refractivity contribution in [3.63, 3.8) is 0 Å². The molecule has 0 saturated heterocycles. The minimum absolute atomic E-state index is 0.111. The van der Waals surface area contributed by atoms with Gasteiger partial charge in [-0.3, -0.25) is 14.9 Å². The first kappa shape index (κ1) is 14.1. The van der Waals surface area contributed by atoms with Gasteiger partial charge in [0.15, 0.2) is 0 Å². The number of aromatic nitrogens is 4. The molecule has 1 aromatic carbocycles. The van der Waals surface area contributed by atoms with Crippen molar-refractivity contribution in [1.82, 2.24) is 20.4 Å². The first-order chi connectivity index (χ1) is 10.7. The Hall–Kier alpha value is -2.87. The molecule has 7 nitrogen and oxygen atoms in total. The summed E-state index contributed by atoms with van der Waals surface area (Å²) in [4.78, 5) is 22.8. The molecule has 3 rings (SSSR count). The maximum Gasteiger partial charge on any atom is 0.277 e. The lowest BCUT2D eigenvalue weighted by atomic mass is 10.2. The van der Waals surface area contributed by atoms with E-state index in [1.54, 1.807) is 0 Å². The summed E-state index contributed by atoms with van der Waals surface area (Å²) in [6.45, 7) is 0. The van der Waals surface area contributed by atoms with Crippen molar-refractivity contribution in [3.05, 3.63) is 69.1 Å². The van der Waals surface area contributed by atoms with E-state index in [1.165, 1.54) is 23.5 Å². The summed E-state index contributed by atoms with van der Waals surface area (Å²) in [5.41, 5.74) is 0.871. The molecule has 0 aliphatic rings. The van der Waals surface area contributed by atoms with Crippen LogP contribution in [0, 0.1) is 0 Å². The standard InChI is InChI=1S/C14H11N5O2S/c20-11-7-6-10(16-17-11)13(21)15-14-19-18-12(22-14)8-9-4-2-1-3-5-9/h1-7H,8H2,(H,17,20)(H,15,19,21). The number of H-pyrrole nitrogens is 1. The fraction of sp³-hybridized carbons (Fsp3) is 0.0714. The van der Waals surface area contributed by atoms with E-state index in [2.05, 4.69) is 25.7 Å². The Morgan fingerprint density at radius 1 is 1.14 bits per heavy atom. The second kappa shape index (κ2) is 6.27. The predicted octanol–water partition coefficient (Wildman–Crippen LogP) is 1.46. The van der Waals surface area contributed by atoms with Crippen molar-refractivity contribution < 1.29 is 4.79 Å². The number of rotatable bonds is 4. The molecule has 0 fully saturated rings. The van der Waals surface area contributed by atoms with Crippen LogP contribution in [-0.4, -0.2) is 26.3 Å². The molecule has 1 amide bonds. The van der Waals surface area contributed by atoms with Crippen LogP contribution in [-0.2, 0) is 6.42 Å². The van der Waals surface area contributed by atoms with Gasteiger partial charge in [0.2, 0.25) is 5.13 Å². The van der Waals surface area contributed by atoms with Gasteiger partial charge >= 0.3 is 0 Å². The molecule has 3 aromatic rings. The quantitative estimate of drug-likeness (QED) is 0.759. The Morgan fingerprint density at radius 2 is 1.95 bits per heavy atom. The maximum atomic E-state index is 11.9. The number of carbonyl (C=O) groups is 1. The van der Waals surface area contributed by atoms with E-state index >= 15 is 0 Å². The van der Waals surface area contributed by atoms with Crippen LogP contribution in [0.15, 0.2) is 47.3 Å². The molecule has 0 saturated carbocycles. The van der Waals surface area contributed by atoms with Gasteiger partial charge in [0, 0.05) is 12.5 Å². The van der Waals surface area contributed by atoms with Crippen molar-refractivity contribution >= 4 is 22.4 Å². The van der Waals surface area contributed by atoms with Crippen LogP contribution in [0.5, 0.6) is 0 Å². The molecule has 0 radical (unpaired) electrons. The van der Waals surface area contributed by atoms with Crippen LogP contribution in [0.3, 0.4) is 0 Å². The van der Waals surface area contributed by atoms with Crippen molar-refractivity contribution in [2.24, 2.45) is 0 Å². The predicted molar refractivity (Wildman–Crippen MR) is 82.0 cm³/mol. The van der Waals surface area contributed by atoms with E-state index in [1.807, 2.05) is 30.3 Å². The molecule has 8 heteroatoms. The Bertz CT molecular complexity index is 823. The molecule has 2 aromatic heterocycles. The highest BCUT2D eigenvalue weighted by atomic mass is 32.1. The third-order valence-electron chi connectivity index (χ3n) is 2.80. The van der Waals surface area contributed by atoms with Crippen LogP contribution in [0.25, 0.3) is 0 Å². The zero-order chi connectivity index (χ0) is 15.4. The van der Waals surface area contributed by atoms with E-state index in [-0.39, 0.29) is 11.3 Å². The van der Waals surface area contributed by atoms with E-state index < -0.39 is 5.91 Å². The van der Waals surface area contributed by atoms with Crippen LogP contribution < -0.4 is 10.9 Å². The lowest BCUT2D eigenvalue weighted by Gasteiger charge is -1.98. The summed E-state index contributed by atoms with van der Waals surface area (Å²) in [6.07, 6.45) is 0.658. The summed E-state index contributed by atoms with van der Waals surface area (Å²) in [6, 6.07) is 12.5. The molecule has 0 unspecified atom stereocenters. The number of hydrogen-bond acceptors (Lipinski definition) is 6. The maximum absolute atomic E-state index is 11.9. The Balaban J connectivity index is 1.67. The molecule has 110 valence electrons. The monoisotopic (exact) mass is 313 g/mol. The molecule has 0 spiro atoms. The van der Waals surface area contributed by atoms with Crippen LogP contribution in [0.2, 0.25) is 0 Å². The first-order valence-corrected chi connectivity index (χ1v) is 7.26. The molecule has 0 aliphatic heterocycles. The zero-order valence-electron chi connectivity index (χ0n) is 11.3. The number of benzene rings is 1. The number of nitrogens with zero attached hydrogens (tertiary/aromatic N) is 3. The van der Waals surface area contributed by atoms with E-state index in [0.717, 1.165) is 10.6 Å². The van der Waals surface area contributed by atoms with Crippen molar-refractivity contribution in [3.8, 4) is 0 Å². The van der Waals surface area contributed by atoms with E-state index in [4.69, 9.17) is 0 Å². The molecule has 2 N–H and O–H groups in total. The highest BCUT2D eigenvalue weighted by molar-refractivity contribution is 7.15. The average molecular weight is 313 g/mol. The number of carbonyl (C=O) groups excluding carboxylic acids is 1. The highest BCUT2D eigenvalue weighted by Crippen LogP contribution is 2.18. The van der Waals surface area contributed by atoms with Gasteiger partial charge in [-0.2, -0.15) is 5.10 Å². The van der Waals surface area contributed by atoms with Gasteiger partial charge in [-0.25, -0.2) is 5.10 Å². The third-order valence-corrected chi connectivity index (χ3v) is 3.64. The van der Waals surface area contributed by atoms with E-state index in [0.29, 0.717) is 11.6 Å². The Labute approximate surface area is 129 Å². The second-order valence-electron chi connectivity index (χ2n) is 4.42. The molecule has 0 aliphatic carbocycles. The Kier molecular flexibility index (Phi) is 4.01. The smallest absolute Gasteiger partial charge is 0.277 e. The molecule has 0 bridgehead atoms. The number of anilines is 1. The third kappa shape index (κ3) is 3.41. The lowest BCUT2D eigenvalue weighted by molar-refractivity contribution is 0.102. The van der Waals surface area contributed by atoms with Gasteiger partial charge in [0.1, 0.15) is 10.7 Å². The molecule has 22 heavy (non-hydrogen) atoms. The van der Waals surface area contributed by atoms with E-state index in [9.17, 15) is 9.59 Å². The minimum Gasteiger partial charge on any atom is -0.295 e. The van der Waals surface area contributed by atoms with Crippen molar-refractivity contribution in [1.29, 1.82) is 0 Å². The number of hydrogen-bond donors (Lipinski definition) is 2. The zero-order valence-corrected chi connectivity index (χ0v) is 12.1. The van der Waals surface area contributed by atoms with Gasteiger partial charge in [0.05, 0.1) is 0 Å². The SMILES string of the molecule is O=C(Nc1nnc(Cc2ccccc2)s1)c1ccc(=O)[nH]n1. The highest BCUT2D eigenvalue weighted by Gasteiger charge is 2.11. The number of amides is 1.